The summed E-state index contributed by atoms with van der Waals surface area (Å²) >= 11 is 0. The Kier molecular flexibility index (Phi) is 5.32. The van der Waals surface area contributed by atoms with Crippen molar-refractivity contribution in [3.05, 3.63) is 12.7 Å². The van der Waals surface area contributed by atoms with Gasteiger partial charge in [-0.2, -0.15) is 0 Å². The largest absolute Gasteiger partial charge is 0.309 e. The molecule has 0 radical (unpaired) electrons. The van der Waals surface area contributed by atoms with Crippen molar-refractivity contribution < 1.29 is 0 Å². The van der Waals surface area contributed by atoms with E-state index in [0.717, 1.165) is 12.3 Å². The molecule has 0 bridgehead atoms. The third-order valence-corrected chi connectivity index (χ3v) is 1.70. The van der Waals surface area contributed by atoms with Crippen LogP contribution >= 0.6 is 0 Å². The van der Waals surface area contributed by atoms with Gasteiger partial charge in [0.2, 0.25) is 0 Å². The molecule has 10 heavy (non-hydrogen) atoms. The fourth-order valence-corrected chi connectivity index (χ4v) is 1.12. The Morgan fingerprint density at radius 1 is 1.50 bits per heavy atom. The molecule has 1 heteroatoms. The highest BCUT2D eigenvalue weighted by Gasteiger charge is 2.03. The van der Waals surface area contributed by atoms with E-state index in [1.807, 2.05) is 6.08 Å². The molecule has 0 heterocycles. The van der Waals surface area contributed by atoms with Crippen molar-refractivity contribution in [2.24, 2.45) is 5.92 Å². The summed E-state index contributed by atoms with van der Waals surface area (Å²) in [5.41, 5.74) is 0. The highest BCUT2D eigenvalue weighted by atomic mass is 15.1. The Morgan fingerprint density at radius 3 is 2.40 bits per heavy atom. The van der Waals surface area contributed by atoms with Crippen LogP contribution in [0.4, 0.5) is 0 Å². The quantitative estimate of drug-likeness (QED) is 0.530. The van der Waals surface area contributed by atoms with Gasteiger partial charge in [0.25, 0.3) is 0 Å². The van der Waals surface area contributed by atoms with E-state index in [4.69, 9.17) is 0 Å². The normalized spacial score (nSPS) is 13.6. The standard InChI is InChI=1S/C9H19N/c1-5-7-9(6-2)8-10(3)4/h5,9H,1,6-8H2,2-4H3. The van der Waals surface area contributed by atoms with Gasteiger partial charge in [-0.05, 0) is 26.4 Å². The molecule has 0 aromatic heterocycles. The molecular weight excluding hydrogens is 122 g/mol. The topological polar surface area (TPSA) is 3.24 Å². The summed E-state index contributed by atoms with van der Waals surface area (Å²) in [6, 6.07) is 0. The molecule has 0 N–H and O–H groups in total. The maximum Gasteiger partial charge on any atom is 0.000642 e. The molecule has 1 nitrogen and oxygen atoms in total. The molecule has 0 saturated carbocycles. The van der Waals surface area contributed by atoms with Crippen molar-refractivity contribution in [2.45, 2.75) is 19.8 Å². The van der Waals surface area contributed by atoms with Gasteiger partial charge in [-0.25, -0.2) is 0 Å². The Morgan fingerprint density at radius 2 is 2.10 bits per heavy atom. The summed E-state index contributed by atoms with van der Waals surface area (Å²) in [5.74, 6) is 0.799. The molecule has 0 spiro atoms. The lowest BCUT2D eigenvalue weighted by molar-refractivity contribution is 0.320. The zero-order valence-electron chi connectivity index (χ0n) is 7.43. The molecule has 0 saturated heterocycles. The van der Waals surface area contributed by atoms with Crippen LogP contribution in [-0.2, 0) is 0 Å². The van der Waals surface area contributed by atoms with Gasteiger partial charge in [0.05, 0.1) is 0 Å². The number of nitrogens with zero attached hydrogens (tertiary/aromatic N) is 1. The monoisotopic (exact) mass is 141 g/mol. The Balaban J connectivity index is 3.48. The second-order valence-electron chi connectivity index (χ2n) is 3.06. The molecule has 1 unspecified atom stereocenters. The zero-order valence-corrected chi connectivity index (χ0v) is 7.43. The number of allylic oxidation sites excluding steroid dienone is 1. The smallest absolute Gasteiger partial charge is 0.000642 e. The molecule has 60 valence electrons. The molecule has 1 atom stereocenters. The fraction of sp³-hybridized carbons (Fsp3) is 0.778. The first kappa shape index (κ1) is 9.70. The molecule has 0 aliphatic heterocycles. The Labute approximate surface area is 64.7 Å². The SMILES string of the molecule is C=CCC(CC)CN(C)C. The summed E-state index contributed by atoms with van der Waals surface area (Å²) in [7, 11) is 4.23. The molecule has 0 aliphatic carbocycles. The van der Waals surface area contributed by atoms with Crippen molar-refractivity contribution >= 4 is 0 Å². The third kappa shape index (κ3) is 4.57. The van der Waals surface area contributed by atoms with Gasteiger partial charge in [-0.1, -0.05) is 19.4 Å². The van der Waals surface area contributed by atoms with E-state index in [-0.39, 0.29) is 0 Å². The summed E-state index contributed by atoms with van der Waals surface area (Å²) < 4.78 is 0. The highest BCUT2D eigenvalue weighted by Crippen LogP contribution is 2.08. The van der Waals surface area contributed by atoms with E-state index < -0.39 is 0 Å². The van der Waals surface area contributed by atoms with E-state index in [2.05, 4.69) is 32.5 Å². The van der Waals surface area contributed by atoms with Crippen molar-refractivity contribution in [1.82, 2.24) is 4.90 Å². The van der Waals surface area contributed by atoms with Crippen LogP contribution in [0.3, 0.4) is 0 Å². The van der Waals surface area contributed by atoms with Gasteiger partial charge in [-0.3, -0.25) is 0 Å². The van der Waals surface area contributed by atoms with Gasteiger partial charge in [0, 0.05) is 6.54 Å². The van der Waals surface area contributed by atoms with Gasteiger partial charge >= 0.3 is 0 Å². The van der Waals surface area contributed by atoms with Gasteiger partial charge < -0.3 is 4.90 Å². The maximum absolute atomic E-state index is 3.74. The van der Waals surface area contributed by atoms with Crippen molar-refractivity contribution in [2.75, 3.05) is 20.6 Å². The van der Waals surface area contributed by atoms with Crippen molar-refractivity contribution in [1.29, 1.82) is 0 Å². The third-order valence-electron chi connectivity index (χ3n) is 1.70. The first-order chi connectivity index (χ1) is 4.70. The molecule has 0 rings (SSSR count). The average Bonchev–Trinajstić information content (AvgIpc) is 1.86. The van der Waals surface area contributed by atoms with Gasteiger partial charge in [-0.15, -0.1) is 6.58 Å². The average molecular weight is 141 g/mol. The number of hydrogen-bond donors (Lipinski definition) is 0. The summed E-state index contributed by atoms with van der Waals surface area (Å²) in [4.78, 5) is 2.23. The number of hydrogen-bond acceptors (Lipinski definition) is 1. The lowest BCUT2D eigenvalue weighted by atomic mass is 10.0. The van der Waals surface area contributed by atoms with E-state index in [1.54, 1.807) is 0 Å². The first-order valence-corrected chi connectivity index (χ1v) is 3.96. The van der Waals surface area contributed by atoms with Crippen LogP contribution in [0.15, 0.2) is 12.7 Å². The lowest BCUT2D eigenvalue weighted by Gasteiger charge is -2.17. The predicted molar refractivity (Wildman–Crippen MR) is 47.1 cm³/mol. The van der Waals surface area contributed by atoms with Crippen LogP contribution in [-0.4, -0.2) is 25.5 Å². The summed E-state index contributed by atoms with van der Waals surface area (Å²) in [6.45, 7) is 7.15. The van der Waals surface area contributed by atoms with E-state index in [0.29, 0.717) is 0 Å². The molecule has 0 aliphatic rings. The maximum atomic E-state index is 3.74. The number of rotatable bonds is 5. The van der Waals surface area contributed by atoms with Crippen molar-refractivity contribution in [3.8, 4) is 0 Å². The Hall–Kier alpha value is -0.300. The van der Waals surface area contributed by atoms with Crippen LogP contribution in [0.1, 0.15) is 19.8 Å². The second-order valence-corrected chi connectivity index (χ2v) is 3.06. The highest BCUT2D eigenvalue weighted by molar-refractivity contribution is 4.73. The van der Waals surface area contributed by atoms with Crippen LogP contribution in [0.25, 0.3) is 0 Å². The van der Waals surface area contributed by atoms with E-state index in [1.165, 1.54) is 13.0 Å². The second kappa shape index (κ2) is 5.48. The van der Waals surface area contributed by atoms with E-state index >= 15 is 0 Å². The minimum absolute atomic E-state index is 0.799. The first-order valence-electron chi connectivity index (χ1n) is 3.96. The molecule has 0 aromatic rings. The van der Waals surface area contributed by atoms with Crippen molar-refractivity contribution in [3.63, 3.8) is 0 Å². The molecule has 0 aromatic carbocycles. The van der Waals surface area contributed by atoms with Gasteiger partial charge in [0.1, 0.15) is 0 Å². The van der Waals surface area contributed by atoms with Crippen LogP contribution < -0.4 is 0 Å². The molecule has 0 fully saturated rings. The van der Waals surface area contributed by atoms with Crippen LogP contribution in [0.2, 0.25) is 0 Å². The van der Waals surface area contributed by atoms with Gasteiger partial charge in [0.15, 0.2) is 0 Å². The minimum atomic E-state index is 0.799. The lowest BCUT2D eigenvalue weighted by Crippen LogP contribution is -2.20. The molecule has 0 amide bonds. The molecular formula is C9H19N. The summed E-state index contributed by atoms with van der Waals surface area (Å²) in [5, 5.41) is 0. The fourth-order valence-electron chi connectivity index (χ4n) is 1.12. The Bertz CT molecular complexity index is 86.7. The van der Waals surface area contributed by atoms with Crippen LogP contribution in [0, 0.1) is 5.92 Å². The zero-order chi connectivity index (χ0) is 7.98. The minimum Gasteiger partial charge on any atom is -0.309 e. The van der Waals surface area contributed by atoms with Crippen LogP contribution in [0.5, 0.6) is 0 Å². The predicted octanol–water partition coefficient (Wildman–Crippen LogP) is 2.15. The summed E-state index contributed by atoms with van der Waals surface area (Å²) in [6.07, 6.45) is 4.41. The van der Waals surface area contributed by atoms with E-state index in [9.17, 15) is 0 Å².